The Labute approximate surface area is 122 Å². The van der Waals surface area contributed by atoms with E-state index in [0.717, 1.165) is 12.8 Å². The Morgan fingerprint density at radius 1 is 1.40 bits per heavy atom. The summed E-state index contributed by atoms with van der Waals surface area (Å²) in [5, 5.41) is 0.947. The average Bonchev–Trinajstić information content (AvgIpc) is 2.39. The SMILES string of the molecule is CCOC(=O)c1c(SC2CCCCC2)nc(=O)[nH]c1C. The number of esters is 1. The van der Waals surface area contributed by atoms with E-state index >= 15 is 0 Å². The van der Waals surface area contributed by atoms with Gasteiger partial charge in [-0.05, 0) is 26.7 Å². The molecule has 1 heterocycles. The topological polar surface area (TPSA) is 72.0 Å². The van der Waals surface area contributed by atoms with Gasteiger partial charge in [-0.15, -0.1) is 11.8 Å². The fraction of sp³-hybridized carbons (Fsp3) is 0.643. The van der Waals surface area contributed by atoms with Gasteiger partial charge in [-0.1, -0.05) is 19.3 Å². The second-order valence-electron chi connectivity index (χ2n) is 4.95. The summed E-state index contributed by atoms with van der Waals surface area (Å²) < 4.78 is 5.06. The quantitative estimate of drug-likeness (QED) is 0.683. The van der Waals surface area contributed by atoms with Crippen LogP contribution in [0.3, 0.4) is 0 Å². The van der Waals surface area contributed by atoms with Gasteiger partial charge in [-0.2, -0.15) is 4.98 Å². The van der Waals surface area contributed by atoms with Crippen LogP contribution in [-0.2, 0) is 4.74 Å². The number of H-pyrrole nitrogens is 1. The lowest BCUT2D eigenvalue weighted by molar-refractivity contribution is 0.0519. The number of hydrogen-bond donors (Lipinski definition) is 1. The molecule has 0 aromatic carbocycles. The van der Waals surface area contributed by atoms with E-state index in [4.69, 9.17) is 4.74 Å². The highest BCUT2D eigenvalue weighted by atomic mass is 32.2. The number of nitrogens with zero attached hydrogens (tertiary/aromatic N) is 1. The normalized spacial score (nSPS) is 16.1. The fourth-order valence-electron chi connectivity index (χ4n) is 2.43. The standard InChI is InChI=1S/C14H20N2O3S/c1-3-19-13(17)11-9(2)15-14(18)16-12(11)20-10-7-5-4-6-8-10/h10H,3-8H2,1-2H3,(H,15,16,18). The van der Waals surface area contributed by atoms with Crippen LogP contribution in [0.15, 0.2) is 9.82 Å². The molecule has 0 atom stereocenters. The number of ether oxygens (including phenoxy) is 1. The van der Waals surface area contributed by atoms with Gasteiger partial charge < -0.3 is 9.72 Å². The molecule has 0 bridgehead atoms. The summed E-state index contributed by atoms with van der Waals surface area (Å²) in [5.41, 5.74) is 0.526. The number of carbonyl (C=O) groups is 1. The van der Waals surface area contributed by atoms with Crippen molar-refractivity contribution >= 4 is 17.7 Å². The van der Waals surface area contributed by atoms with Crippen LogP contribution in [0.4, 0.5) is 0 Å². The number of aromatic nitrogens is 2. The number of rotatable bonds is 4. The highest BCUT2D eigenvalue weighted by molar-refractivity contribution is 7.99. The summed E-state index contributed by atoms with van der Waals surface area (Å²) in [6.07, 6.45) is 5.90. The van der Waals surface area contributed by atoms with Gasteiger partial charge in [0.05, 0.1) is 6.61 Å². The lowest BCUT2D eigenvalue weighted by Gasteiger charge is -2.21. The van der Waals surface area contributed by atoms with Crippen LogP contribution in [0.2, 0.25) is 0 Å². The summed E-state index contributed by atoms with van der Waals surface area (Å²) >= 11 is 1.54. The van der Waals surface area contributed by atoms with Crippen molar-refractivity contribution in [2.24, 2.45) is 0 Å². The van der Waals surface area contributed by atoms with Gasteiger partial charge in [-0.3, -0.25) is 0 Å². The molecule has 1 fully saturated rings. The van der Waals surface area contributed by atoms with Crippen molar-refractivity contribution in [2.45, 2.75) is 56.2 Å². The molecule has 1 aliphatic rings. The Bertz CT molecular complexity index is 536. The second kappa shape index (κ2) is 6.92. The minimum absolute atomic E-state index is 0.310. The number of aromatic amines is 1. The van der Waals surface area contributed by atoms with Gasteiger partial charge in [0.2, 0.25) is 0 Å². The molecule has 0 unspecified atom stereocenters. The van der Waals surface area contributed by atoms with E-state index in [-0.39, 0.29) is 0 Å². The van der Waals surface area contributed by atoms with Crippen LogP contribution in [0.1, 0.15) is 55.1 Å². The van der Waals surface area contributed by atoms with E-state index in [9.17, 15) is 9.59 Å². The molecule has 0 aliphatic heterocycles. The predicted octanol–water partition coefficient (Wildman–Crippen LogP) is 2.68. The summed E-state index contributed by atoms with van der Waals surface area (Å²) in [7, 11) is 0. The minimum atomic E-state index is -0.410. The zero-order valence-corrected chi connectivity index (χ0v) is 12.7. The summed E-state index contributed by atoms with van der Waals surface area (Å²) in [6, 6.07) is 0. The maximum atomic E-state index is 12.0. The van der Waals surface area contributed by atoms with Crippen LogP contribution in [-0.4, -0.2) is 27.8 Å². The number of thioether (sulfide) groups is 1. The number of hydrogen-bond acceptors (Lipinski definition) is 5. The first kappa shape index (κ1) is 15.1. The van der Waals surface area contributed by atoms with E-state index in [1.807, 2.05) is 0 Å². The zero-order chi connectivity index (χ0) is 14.5. The van der Waals surface area contributed by atoms with Crippen molar-refractivity contribution in [2.75, 3.05) is 6.61 Å². The zero-order valence-electron chi connectivity index (χ0n) is 11.9. The minimum Gasteiger partial charge on any atom is -0.462 e. The van der Waals surface area contributed by atoms with Crippen molar-refractivity contribution < 1.29 is 9.53 Å². The maximum Gasteiger partial charge on any atom is 0.346 e. The highest BCUT2D eigenvalue weighted by Crippen LogP contribution is 2.34. The van der Waals surface area contributed by atoms with E-state index < -0.39 is 11.7 Å². The number of aryl methyl sites for hydroxylation is 1. The molecule has 2 rings (SSSR count). The molecule has 1 aliphatic carbocycles. The number of nitrogens with one attached hydrogen (secondary N) is 1. The number of carbonyl (C=O) groups excluding carboxylic acids is 1. The Morgan fingerprint density at radius 2 is 2.10 bits per heavy atom. The van der Waals surface area contributed by atoms with Crippen LogP contribution in [0.25, 0.3) is 0 Å². The van der Waals surface area contributed by atoms with Crippen LogP contribution in [0, 0.1) is 6.92 Å². The van der Waals surface area contributed by atoms with E-state index in [1.165, 1.54) is 19.3 Å². The Morgan fingerprint density at radius 3 is 2.75 bits per heavy atom. The Balaban J connectivity index is 2.29. The highest BCUT2D eigenvalue weighted by Gasteiger charge is 2.23. The van der Waals surface area contributed by atoms with Crippen molar-refractivity contribution in [1.29, 1.82) is 0 Å². The molecule has 1 aromatic rings. The van der Waals surface area contributed by atoms with E-state index in [1.54, 1.807) is 25.6 Å². The fourth-order valence-corrected chi connectivity index (χ4v) is 3.80. The molecule has 0 amide bonds. The molecule has 5 nitrogen and oxygen atoms in total. The van der Waals surface area contributed by atoms with Gasteiger partial charge in [0, 0.05) is 10.9 Å². The lowest BCUT2D eigenvalue weighted by atomic mass is 10.0. The van der Waals surface area contributed by atoms with Crippen LogP contribution >= 0.6 is 11.8 Å². The molecule has 0 radical (unpaired) electrons. The molecule has 1 N–H and O–H groups in total. The first-order valence-corrected chi connectivity index (χ1v) is 7.94. The predicted molar refractivity (Wildman–Crippen MR) is 78.3 cm³/mol. The third kappa shape index (κ3) is 3.62. The molecule has 6 heteroatoms. The van der Waals surface area contributed by atoms with Gasteiger partial charge in [0.25, 0.3) is 0 Å². The molecule has 20 heavy (non-hydrogen) atoms. The molecular formula is C14H20N2O3S. The Hall–Kier alpha value is -1.30. The second-order valence-corrected chi connectivity index (χ2v) is 6.23. The molecule has 0 saturated heterocycles. The van der Waals surface area contributed by atoms with Crippen LogP contribution in [0.5, 0.6) is 0 Å². The van der Waals surface area contributed by atoms with Gasteiger partial charge >= 0.3 is 11.7 Å². The summed E-state index contributed by atoms with van der Waals surface area (Å²) in [6.45, 7) is 3.78. The lowest BCUT2D eigenvalue weighted by Crippen LogP contribution is -2.21. The summed E-state index contributed by atoms with van der Waals surface area (Å²) in [4.78, 5) is 30.2. The van der Waals surface area contributed by atoms with E-state index in [2.05, 4.69) is 9.97 Å². The largest absolute Gasteiger partial charge is 0.462 e. The Kier molecular flexibility index (Phi) is 5.23. The maximum absolute atomic E-state index is 12.0. The van der Waals surface area contributed by atoms with Crippen molar-refractivity contribution in [3.8, 4) is 0 Å². The monoisotopic (exact) mass is 296 g/mol. The molecule has 0 spiro atoms. The first-order chi connectivity index (χ1) is 9.61. The molecule has 1 saturated carbocycles. The van der Waals surface area contributed by atoms with Crippen molar-refractivity contribution in [3.63, 3.8) is 0 Å². The van der Waals surface area contributed by atoms with Gasteiger partial charge in [0.1, 0.15) is 10.6 Å². The molecular weight excluding hydrogens is 276 g/mol. The van der Waals surface area contributed by atoms with Crippen molar-refractivity contribution in [3.05, 3.63) is 21.7 Å². The summed E-state index contributed by atoms with van der Waals surface area (Å²) in [5.74, 6) is -0.410. The molecule has 110 valence electrons. The average molecular weight is 296 g/mol. The van der Waals surface area contributed by atoms with Gasteiger partial charge in [0.15, 0.2) is 0 Å². The third-order valence-corrected chi connectivity index (χ3v) is 4.72. The van der Waals surface area contributed by atoms with E-state index in [0.29, 0.717) is 28.1 Å². The smallest absolute Gasteiger partial charge is 0.346 e. The first-order valence-electron chi connectivity index (χ1n) is 7.06. The molecule has 1 aromatic heterocycles. The van der Waals surface area contributed by atoms with Gasteiger partial charge in [-0.25, -0.2) is 9.59 Å². The van der Waals surface area contributed by atoms with Crippen molar-refractivity contribution in [1.82, 2.24) is 9.97 Å². The third-order valence-electron chi connectivity index (χ3n) is 3.40. The van der Waals surface area contributed by atoms with Crippen LogP contribution < -0.4 is 5.69 Å².